The molecule has 26 heavy (non-hydrogen) atoms. The molecule has 0 aliphatic rings. The molecule has 0 spiro atoms. The molecule has 0 bridgehead atoms. The highest BCUT2D eigenvalue weighted by atomic mass is 32.1. The van der Waals surface area contributed by atoms with E-state index >= 15 is 0 Å². The third-order valence-corrected chi connectivity index (χ3v) is 5.33. The monoisotopic (exact) mass is 368 g/mol. The van der Waals surface area contributed by atoms with Crippen molar-refractivity contribution in [1.82, 2.24) is 9.47 Å². The van der Waals surface area contributed by atoms with Crippen molar-refractivity contribution in [1.29, 1.82) is 0 Å². The van der Waals surface area contributed by atoms with Gasteiger partial charge in [-0.1, -0.05) is 18.2 Å². The van der Waals surface area contributed by atoms with Crippen LogP contribution < -0.4 is 4.74 Å². The number of rotatable bonds is 8. The SMILES string of the molecule is COc1ccc(CCC(=O)N(Cc2cccs2)Cc2cccn2C)cc1. The first-order valence-corrected chi connectivity index (χ1v) is 9.57. The van der Waals surface area contributed by atoms with Crippen LogP contribution in [0.15, 0.2) is 60.1 Å². The summed E-state index contributed by atoms with van der Waals surface area (Å²) >= 11 is 1.69. The van der Waals surface area contributed by atoms with E-state index in [2.05, 4.69) is 22.1 Å². The summed E-state index contributed by atoms with van der Waals surface area (Å²) < 4.78 is 7.25. The predicted molar refractivity (Wildman–Crippen MR) is 105 cm³/mol. The van der Waals surface area contributed by atoms with E-state index in [4.69, 9.17) is 4.74 Å². The average Bonchev–Trinajstić information content (AvgIpc) is 3.31. The van der Waals surface area contributed by atoms with Gasteiger partial charge in [0.1, 0.15) is 5.75 Å². The molecule has 1 amide bonds. The Balaban J connectivity index is 1.66. The van der Waals surface area contributed by atoms with Gasteiger partial charge in [0.15, 0.2) is 0 Å². The zero-order valence-electron chi connectivity index (χ0n) is 15.2. The Labute approximate surface area is 158 Å². The number of aryl methyl sites for hydroxylation is 2. The number of thiophene rings is 1. The number of hydrogen-bond donors (Lipinski definition) is 0. The van der Waals surface area contributed by atoms with Gasteiger partial charge in [-0.3, -0.25) is 4.79 Å². The number of ether oxygens (including phenoxy) is 1. The topological polar surface area (TPSA) is 34.5 Å². The van der Waals surface area contributed by atoms with Gasteiger partial charge in [-0.15, -0.1) is 11.3 Å². The van der Waals surface area contributed by atoms with Crippen LogP contribution >= 0.6 is 11.3 Å². The minimum Gasteiger partial charge on any atom is -0.497 e. The zero-order chi connectivity index (χ0) is 18.4. The largest absolute Gasteiger partial charge is 0.497 e. The zero-order valence-corrected chi connectivity index (χ0v) is 16.0. The van der Waals surface area contributed by atoms with Crippen molar-refractivity contribution in [2.24, 2.45) is 7.05 Å². The van der Waals surface area contributed by atoms with Crippen molar-refractivity contribution in [2.75, 3.05) is 7.11 Å². The maximum absolute atomic E-state index is 12.9. The number of amides is 1. The van der Waals surface area contributed by atoms with Gasteiger partial charge in [-0.25, -0.2) is 0 Å². The normalized spacial score (nSPS) is 10.7. The molecule has 0 aliphatic heterocycles. The Bertz CT molecular complexity index is 822. The maximum Gasteiger partial charge on any atom is 0.223 e. The second-order valence-corrected chi connectivity index (χ2v) is 7.32. The summed E-state index contributed by atoms with van der Waals surface area (Å²) in [5.74, 6) is 1.01. The number of methoxy groups -OCH3 is 1. The average molecular weight is 369 g/mol. The molecule has 4 nitrogen and oxygen atoms in total. The summed E-state index contributed by atoms with van der Waals surface area (Å²) in [5.41, 5.74) is 2.29. The number of carbonyl (C=O) groups is 1. The van der Waals surface area contributed by atoms with Gasteiger partial charge in [0.25, 0.3) is 0 Å². The molecule has 5 heteroatoms. The summed E-state index contributed by atoms with van der Waals surface area (Å²) in [4.78, 5) is 16.1. The molecule has 0 saturated heterocycles. The van der Waals surface area contributed by atoms with Crippen LogP contribution in [0, 0.1) is 0 Å². The van der Waals surface area contributed by atoms with Crippen LogP contribution in [0.3, 0.4) is 0 Å². The van der Waals surface area contributed by atoms with E-state index in [1.54, 1.807) is 18.4 Å². The molecule has 0 N–H and O–H groups in total. The lowest BCUT2D eigenvalue weighted by Gasteiger charge is -2.23. The summed E-state index contributed by atoms with van der Waals surface area (Å²) in [7, 11) is 3.67. The van der Waals surface area contributed by atoms with Crippen molar-refractivity contribution < 1.29 is 9.53 Å². The lowest BCUT2D eigenvalue weighted by molar-refractivity contribution is -0.132. The van der Waals surface area contributed by atoms with E-state index in [0.717, 1.165) is 23.4 Å². The number of benzene rings is 1. The molecule has 3 rings (SSSR count). The van der Waals surface area contributed by atoms with Gasteiger partial charge >= 0.3 is 0 Å². The summed E-state index contributed by atoms with van der Waals surface area (Å²) in [5, 5.41) is 2.05. The van der Waals surface area contributed by atoms with Gasteiger partial charge < -0.3 is 14.2 Å². The molecule has 0 unspecified atom stereocenters. The van der Waals surface area contributed by atoms with Crippen LogP contribution in [-0.4, -0.2) is 22.5 Å². The van der Waals surface area contributed by atoms with Crippen LogP contribution in [0.25, 0.3) is 0 Å². The molecule has 0 saturated carbocycles. The third-order valence-electron chi connectivity index (χ3n) is 4.47. The first-order chi connectivity index (χ1) is 12.7. The van der Waals surface area contributed by atoms with Crippen molar-refractivity contribution in [3.8, 4) is 5.75 Å². The van der Waals surface area contributed by atoms with E-state index in [9.17, 15) is 4.79 Å². The lowest BCUT2D eigenvalue weighted by atomic mass is 10.1. The third kappa shape index (κ3) is 4.76. The first kappa shape index (κ1) is 18.3. The molecule has 136 valence electrons. The van der Waals surface area contributed by atoms with Gasteiger partial charge in [0.05, 0.1) is 20.2 Å². The minimum atomic E-state index is 0.176. The van der Waals surface area contributed by atoms with Crippen molar-refractivity contribution in [3.05, 3.63) is 76.2 Å². The predicted octanol–water partition coefficient (Wildman–Crippen LogP) is 4.26. The highest BCUT2D eigenvalue weighted by Gasteiger charge is 2.16. The quantitative estimate of drug-likeness (QED) is 0.595. The Morgan fingerprint density at radius 1 is 1.12 bits per heavy atom. The van der Waals surface area contributed by atoms with Crippen molar-refractivity contribution in [3.63, 3.8) is 0 Å². The van der Waals surface area contributed by atoms with Crippen LogP contribution in [-0.2, 0) is 31.4 Å². The molecular weight excluding hydrogens is 344 g/mol. The van der Waals surface area contributed by atoms with E-state index in [0.29, 0.717) is 19.5 Å². The summed E-state index contributed by atoms with van der Waals surface area (Å²) in [6, 6.07) is 16.1. The summed E-state index contributed by atoms with van der Waals surface area (Å²) in [6.07, 6.45) is 3.25. The van der Waals surface area contributed by atoms with Crippen molar-refractivity contribution >= 4 is 17.2 Å². The van der Waals surface area contributed by atoms with E-state index in [1.165, 1.54) is 4.88 Å². The maximum atomic E-state index is 12.9. The molecule has 2 aromatic heterocycles. The fourth-order valence-corrected chi connectivity index (χ4v) is 3.60. The fourth-order valence-electron chi connectivity index (χ4n) is 2.88. The highest BCUT2D eigenvalue weighted by Crippen LogP contribution is 2.17. The number of hydrogen-bond acceptors (Lipinski definition) is 3. The Kier molecular flexibility index (Phi) is 6.12. The second kappa shape index (κ2) is 8.72. The van der Waals surface area contributed by atoms with Crippen LogP contribution in [0.4, 0.5) is 0 Å². The van der Waals surface area contributed by atoms with E-state index in [-0.39, 0.29) is 5.91 Å². The fraction of sp³-hybridized carbons (Fsp3) is 0.286. The Morgan fingerprint density at radius 3 is 2.54 bits per heavy atom. The Hall–Kier alpha value is -2.53. The van der Waals surface area contributed by atoms with Gasteiger partial charge in [-0.05, 0) is 47.7 Å². The van der Waals surface area contributed by atoms with Gasteiger partial charge in [0, 0.05) is 30.2 Å². The van der Waals surface area contributed by atoms with Crippen LogP contribution in [0.2, 0.25) is 0 Å². The van der Waals surface area contributed by atoms with E-state index in [1.807, 2.05) is 54.5 Å². The van der Waals surface area contributed by atoms with Crippen molar-refractivity contribution in [2.45, 2.75) is 25.9 Å². The van der Waals surface area contributed by atoms with E-state index < -0.39 is 0 Å². The minimum absolute atomic E-state index is 0.176. The van der Waals surface area contributed by atoms with Gasteiger partial charge in [0.2, 0.25) is 5.91 Å². The first-order valence-electron chi connectivity index (χ1n) is 8.69. The molecular formula is C21H24N2O2S. The molecule has 0 fully saturated rings. The molecule has 2 heterocycles. The Morgan fingerprint density at radius 2 is 1.92 bits per heavy atom. The molecule has 0 radical (unpaired) electrons. The van der Waals surface area contributed by atoms with Crippen LogP contribution in [0.5, 0.6) is 5.75 Å². The number of carbonyl (C=O) groups excluding carboxylic acids is 1. The molecule has 0 aliphatic carbocycles. The standard InChI is InChI=1S/C21H24N2O2S/c1-22-13-3-5-18(22)15-23(16-20-6-4-14-26-20)21(24)12-9-17-7-10-19(25-2)11-8-17/h3-8,10-11,13-14H,9,12,15-16H2,1-2H3. The molecule has 3 aromatic rings. The smallest absolute Gasteiger partial charge is 0.223 e. The number of aromatic nitrogens is 1. The van der Waals surface area contributed by atoms with Crippen LogP contribution in [0.1, 0.15) is 22.6 Å². The summed E-state index contributed by atoms with van der Waals surface area (Å²) in [6.45, 7) is 1.28. The lowest BCUT2D eigenvalue weighted by Crippen LogP contribution is -2.30. The number of nitrogens with zero attached hydrogens (tertiary/aromatic N) is 2. The van der Waals surface area contributed by atoms with Gasteiger partial charge in [-0.2, -0.15) is 0 Å². The second-order valence-electron chi connectivity index (χ2n) is 6.29. The molecule has 0 atom stereocenters. The highest BCUT2D eigenvalue weighted by molar-refractivity contribution is 7.09. The molecule has 1 aromatic carbocycles.